The number of aryl methyl sites for hydroxylation is 1. The highest BCUT2D eigenvalue weighted by Gasteiger charge is 2.19. The van der Waals surface area contributed by atoms with E-state index in [1.807, 2.05) is 4.72 Å². The molecule has 11 nitrogen and oxygen atoms in total. The standard InChI is InChI=1S/C12H10FN7O4S/c1-19-12(22)20-5-14-9(10(20)16-18-19)11(21)15-6-3-2-4-7(8(6)13)17-25(23)24/h2-5,17H,1H3,(H,15,21)(H,23,24)/p-1. The summed E-state index contributed by atoms with van der Waals surface area (Å²) < 4.78 is 39.3. The molecule has 25 heavy (non-hydrogen) atoms. The third-order valence-corrected chi connectivity index (χ3v) is 3.54. The van der Waals surface area contributed by atoms with Crippen LogP contribution in [0.2, 0.25) is 0 Å². The Kier molecular flexibility index (Phi) is 4.24. The van der Waals surface area contributed by atoms with Crippen LogP contribution in [0.25, 0.3) is 5.65 Å². The first-order valence-corrected chi connectivity index (χ1v) is 7.69. The Hall–Kier alpha value is -3.19. The van der Waals surface area contributed by atoms with Crippen molar-refractivity contribution in [3.8, 4) is 0 Å². The van der Waals surface area contributed by atoms with Gasteiger partial charge in [-0.25, -0.2) is 18.6 Å². The number of nitrogens with zero attached hydrogens (tertiary/aromatic N) is 5. The number of nitrogens with one attached hydrogen (secondary N) is 2. The topological polar surface area (TPSA) is 146 Å². The average molecular weight is 366 g/mol. The Morgan fingerprint density at radius 3 is 2.80 bits per heavy atom. The molecule has 3 rings (SSSR count). The molecule has 0 aliphatic heterocycles. The van der Waals surface area contributed by atoms with Crippen LogP contribution >= 0.6 is 0 Å². The van der Waals surface area contributed by atoms with Crippen LogP contribution in [-0.4, -0.2) is 39.0 Å². The zero-order valence-electron chi connectivity index (χ0n) is 12.5. The molecule has 0 aliphatic rings. The third kappa shape index (κ3) is 3.09. The number of fused-ring (bicyclic) bond motifs is 1. The van der Waals surface area contributed by atoms with Gasteiger partial charge >= 0.3 is 5.69 Å². The van der Waals surface area contributed by atoms with Crippen LogP contribution in [0, 0.1) is 5.82 Å². The molecule has 1 atom stereocenters. The molecule has 1 amide bonds. The van der Waals surface area contributed by atoms with Gasteiger partial charge in [-0.2, -0.15) is 4.68 Å². The Balaban J connectivity index is 1.95. The number of anilines is 2. The lowest BCUT2D eigenvalue weighted by molar-refractivity contribution is 0.102. The number of aromatic nitrogens is 5. The smallest absolute Gasteiger partial charge is 0.352 e. The Bertz CT molecular complexity index is 1060. The number of imidazole rings is 1. The van der Waals surface area contributed by atoms with E-state index >= 15 is 0 Å². The predicted molar refractivity (Wildman–Crippen MR) is 82.9 cm³/mol. The molecule has 2 N–H and O–H groups in total. The molecule has 0 fully saturated rings. The van der Waals surface area contributed by atoms with Crippen molar-refractivity contribution in [1.82, 2.24) is 24.4 Å². The molecule has 2 heterocycles. The van der Waals surface area contributed by atoms with Crippen molar-refractivity contribution in [1.29, 1.82) is 0 Å². The molecule has 0 spiro atoms. The maximum Gasteiger partial charge on any atom is 0.352 e. The van der Waals surface area contributed by atoms with E-state index in [-0.39, 0.29) is 22.7 Å². The summed E-state index contributed by atoms with van der Waals surface area (Å²) in [5, 5.41) is 9.51. The number of amides is 1. The number of halogens is 1. The highest BCUT2D eigenvalue weighted by Crippen LogP contribution is 2.23. The van der Waals surface area contributed by atoms with Crippen LogP contribution in [0.15, 0.2) is 29.3 Å². The number of carbonyl (C=O) groups excluding carboxylic acids is 1. The number of carbonyl (C=O) groups is 1. The number of hydrogen-bond acceptors (Lipinski definition) is 7. The van der Waals surface area contributed by atoms with Gasteiger partial charge in [0.2, 0.25) is 0 Å². The molecule has 0 aliphatic carbocycles. The number of benzene rings is 1. The molecular formula is C12H9FN7O4S-. The minimum Gasteiger partial charge on any atom is -0.755 e. The largest absolute Gasteiger partial charge is 0.755 e. The van der Waals surface area contributed by atoms with Crippen molar-refractivity contribution < 1.29 is 17.9 Å². The van der Waals surface area contributed by atoms with E-state index in [1.54, 1.807) is 0 Å². The van der Waals surface area contributed by atoms with E-state index in [9.17, 15) is 22.7 Å². The van der Waals surface area contributed by atoms with Gasteiger partial charge in [-0.3, -0.25) is 9.00 Å². The predicted octanol–water partition coefficient (Wildman–Crippen LogP) is -0.580. The number of hydrogen-bond donors (Lipinski definition) is 2. The van der Waals surface area contributed by atoms with Crippen molar-refractivity contribution in [2.24, 2.45) is 7.05 Å². The highest BCUT2D eigenvalue weighted by atomic mass is 32.2. The van der Waals surface area contributed by atoms with Gasteiger partial charge in [0.15, 0.2) is 17.2 Å². The molecule has 0 saturated carbocycles. The Morgan fingerprint density at radius 2 is 2.08 bits per heavy atom. The molecule has 130 valence electrons. The molecule has 0 saturated heterocycles. The number of rotatable bonds is 4. The monoisotopic (exact) mass is 366 g/mol. The molecule has 1 aromatic carbocycles. The van der Waals surface area contributed by atoms with Gasteiger partial charge in [0, 0.05) is 18.3 Å². The van der Waals surface area contributed by atoms with Gasteiger partial charge in [-0.05, 0) is 12.1 Å². The molecule has 1 unspecified atom stereocenters. The summed E-state index contributed by atoms with van der Waals surface area (Å²) in [6.07, 6.45) is 1.09. The fourth-order valence-electron chi connectivity index (χ4n) is 2.02. The van der Waals surface area contributed by atoms with Crippen LogP contribution in [0.1, 0.15) is 10.5 Å². The maximum absolute atomic E-state index is 14.2. The summed E-state index contributed by atoms with van der Waals surface area (Å²) in [4.78, 5) is 27.9. The average Bonchev–Trinajstić information content (AvgIpc) is 2.99. The quantitative estimate of drug-likeness (QED) is 0.587. The fourth-order valence-corrected chi connectivity index (χ4v) is 2.36. The lowest BCUT2D eigenvalue weighted by Gasteiger charge is -2.12. The minimum atomic E-state index is -2.72. The van der Waals surface area contributed by atoms with Crippen molar-refractivity contribution in [3.05, 3.63) is 46.5 Å². The molecule has 0 radical (unpaired) electrons. The highest BCUT2D eigenvalue weighted by molar-refractivity contribution is 7.80. The van der Waals surface area contributed by atoms with Gasteiger partial charge in [0.25, 0.3) is 5.91 Å². The van der Waals surface area contributed by atoms with Gasteiger partial charge < -0.3 is 14.6 Å². The van der Waals surface area contributed by atoms with Crippen LogP contribution in [-0.2, 0) is 18.3 Å². The molecule has 13 heteroatoms. The Morgan fingerprint density at radius 1 is 1.36 bits per heavy atom. The second-order valence-electron chi connectivity index (χ2n) is 4.74. The van der Waals surface area contributed by atoms with Gasteiger partial charge in [-0.15, -0.1) is 5.10 Å². The zero-order valence-corrected chi connectivity index (χ0v) is 13.3. The lowest BCUT2D eigenvalue weighted by atomic mass is 10.2. The van der Waals surface area contributed by atoms with Crippen LogP contribution in [0.5, 0.6) is 0 Å². The van der Waals surface area contributed by atoms with Crippen LogP contribution < -0.4 is 15.7 Å². The molecular weight excluding hydrogens is 357 g/mol. The first-order chi connectivity index (χ1) is 11.9. The van der Waals surface area contributed by atoms with E-state index < -0.39 is 28.7 Å². The zero-order chi connectivity index (χ0) is 18.1. The maximum atomic E-state index is 14.2. The third-order valence-electron chi connectivity index (χ3n) is 3.15. The second-order valence-corrected chi connectivity index (χ2v) is 5.41. The minimum absolute atomic E-state index is 0.101. The summed E-state index contributed by atoms with van der Waals surface area (Å²) in [5.41, 5.74) is -1.52. The summed E-state index contributed by atoms with van der Waals surface area (Å²) in [7, 11) is 1.38. The Labute approximate surface area is 140 Å². The van der Waals surface area contributed by atoms with Gasteiger partial charge in [0.05, 0.1) is 11.4 Å². The van der Waals surface area contributed by atoms with E-state index in [2.05, 4.69) is 20.6 Å². The van der Waals surface area contributed by atoms with Gasteiger partial charge in [0.1, 0.15) is 6.33 Å². The van der Waals surface area contributed by atoms with Crippen molar-refractivity contribution in [2.75, 3.05) is 10.0 Å². The first kappa shape index (κ1) is 16.7. The SMILES string of the molecule is Cn1nnc2c(C(=O)Nc3cccc(NS(=O)[O-])c3F)ncn2c1=O. The van der Waals surface area contributed by atoms with Gasteiger partial charge in [-0.1, -0.05) is 11.3 Å². The van der Waals surface area contributed by atoms with Crippen molar-refractivity contribution in [3.63, 3.8) is 0 Å². The van der Waals surface area contributed by atoms with E-state index in [1.165, 1.54) is 25.2 Å². The fraction of sp³-hybridized carbons (Fsp3) is 0.0833. The van der Waals surface area contributed by atoms with Crippen molar-refractivity contribution >= 4 is 34.2 Å². The molecule has 0 bridgehead atoms. The van der Waals surface area contributed by atoms with Crippen LogP contribution in [0.4, 0.5) is 15.8 Å². The molecule has 2 aromatic heterocycles. The normalized spacial score (nSPS) is 12.1. The lowest BCUT2D eigenvalue weighted by Crippen LogP contribution is -2.27. The summed E-state index contributed by atoms with van der Waals surface area (Å²) >= 11 is -2.72. The van der Waals surface area contributed by atoms with E-state index in [0.717, 1.165) is 15.4 Å². The van der Waals surface area contributed by atoms with Crippen LogP contribution in [0.3, 0.4) is 0 Å². The molecule has 3 aromatic rings. The summed E-state index contributed by atoms with van der Waals surface area (Å²) in [6.45, 7) is 0. The van der Waals surface area contributed by atoms with Crippen molar-refractivity contribution in [2.45, 2.75) is 0 Å². The van der Waals surface area contributed by atoms with E-state index in [0.29, 0.717) is 0 Å². The van der Waals surface area contributed by atoms with E-state index in [4.69, 9.17) is 0 Å². The summed E-state index contributed by atoms with van der Waals surface area (Å²) in [5.74, 6) is -1.82. The first-order valence-electron chi connectivity index (χ1n) is 6.61. The summed E-state index contributed by atoms with van der Waals surface area (Å²) in [6, 6.07) is 3.76. The second kappa shape index (κ2) is 6.37.